The Hall–Kier alpha value is -1.59. The first kappa shape index (κ1) is 22.1. The van der Waals surface area contributed by atoms with Crippen LogP contribution in [0.3, 0.4) is 0 Å². The van der Waals surface area contributed by atoms with E-state index in [1.54, 1.807) is 0 Å². The molecule has 1 N–H and O–H groups in total. The van der Waals surface area contributed by atoms with Gasteiger partial charge < -0.3 is 19.7 Å². The van der Waals surface area contributed by atoms with E-state index in [4.69, 9.17) is 9.47 Å². The molecule has 1 heterocycles. The number of hydrogen-bond donors (Lipinski definition) is 1. The fourth-order valence-electron chi connectivity index (χ4n) is 4.04. The second-order valence-corrected chi connectivity index (χ2v) is 8.67. The smallest absolute Gasteiger partial charge is 0.256 e. The quantitative estimate of drug-likeness (QED) is 0.537. The van der Waals surface area contributed by atoms with E-state index in [0.717, 1.165) is 50.3 Å². The number of hydrogen-bond acceptors (Lipinski definition) is 4. The van der Waals surface area contributed by atoms with Gasteiger partial charge in [0.15, 0.2) is 0 Å². The lowest BCUT2D eigenvalue weighted by atomic mass is 9.98. The third-order valence-corrected chi connectivity index (χ3v) is 6.11. The third kappa shape index (κ3) is 6.71. The van der Waals surface area contributed by atoms with E-state index in [1.807, 2.05) is 31.2 Å². The van der Waals surface area contributed by atoms with Crippen LogP contribution in [0.2, 0.25) is 0 Å². The summed E-state index contributed by atoms with van der Waals surface area (Å²) in [6.45, 7) is 8.92. The van der Waals surface area contributed by atoms with Crippen molar-refractivity contribution in [3.8, 4) is 5.75 Å². The van der Waals surface area contributed by atoms with Crippen molar-refractivity contribution in [2.75, 3.05) is 38.2 Å². The molecule has 2 fully saturated rings. The molecule has 1 aliphatic carbocycles. The average molecular weight is 403 g/mol. The van der Waals surface area contributed by atoms with Crippen molar-refractivity contribution >= 4 is 11.6 Å². The summed E-state index contributed by atoms with van der Waals surface area (Å²) in [4.78, 5) is 15.4. The fourth-order valence-corrected chi connectivity index (χ4v) is 4.04. The minimum Gasteiger partial charge on any atom is -0.494 e. The largest absolute Gasteiger partial charge is 0.494 e. The van der Waals surface area contributed by atoms with Crippen LogP contribution in [0.15, 0.2) is 24.3 Å². The van der Waals surface area contributed by atoms with Gasteiger partial charge in [0.2, 0.25) is 0 Å². The van der Waals surface area contributed by atoms with Crippen LogP contribution < -0.4 is 10.1 Å². The predicted molar refractivity (Wildman–Crippen MR) is 117 cm³/mol. The Morgan fingerprint density at radius 1 is 1.10 bits per heavy atom. The van der Waals surface area contributed by atoms with E-state index in [1.165, 1.54) is 38.8 Å². The number of carbonyl (C=O) groups excluding carboxylic acids is 1. The molecule has 1 aromatic rings. The predicted octanol–water partition coefficient (Wildman–Crippen LogP) is 4.87. The molecule has 2 aliphatic rings. The fraction of sp³-hybridized carbons (Fsp3) is 0.708. The number of carbonyl (C=O) groups is 1. The number of amides is 1. The van der Waals surface area contributed by atoms with Crippen LogP contribution in [-0.2, 0) is 9.53 Å². The summed E-state index contributed by atoms with van der Waals surface area (Å²) in [5, 5.41) is 3.03. The zero-order valence-corrected chi connectivity index (χ0v) is 18.3. The van der Waals surface area contributed by atoms with Crippen LogP contribution in [0.1, 0.15) is 65.2 Å². The monoisotopic (exact) mass is 402 g/mol. The van der Waals surface area contributed by atoms with E-state index < -0.39 is 5.60 Å². The van der Waals surface area contributed by atoms with Gasteiger partial charge in [0, 0.05) is 18.8 Å². The number of ether oxygens (including phenoxy) is 2. The lowest BCUT2D eigenvalue weighted by molar-refractivity contribution is -0.142. The van der Waals surface area contributed by atoms with E-state index in [-0.39, 0.29) is 5.91 Å². The van der Waals surface area contributed by atoms with Crippen molar-refractivity contribution in [2.45, 2.75) is 70.8 Å². The lowest BCUT2D eigenvalue weighted by Crippen LogP contribution is -2.45. The maximum Gasteiger partial charge on any atom is 0.256 e. The second kappa shape index (κ2) is 11.0. The molecule has 1 atom stereocenters. The maximum absolute atomic E-state index is 12.8. The molecular weight excluding hydrogens is 364 g/mol. The summed E-state index contributed by atoms with van der Waals surface area (Å²) in [6, 6.07) is 7.69. The van der Waals surface area contributed by atoms with Crippen molar-refractivity contribution in [1.82, 2.24) is 4.90 Å². The number of anilines is 1. The van der Waals surface area contributed by atoms with Gasteiger partial charge in [0.1, 0.15) is 11.4 Å². The first-order valence-electron chi connectivity index (χ1n) is 11.5. The molecule has 3 rings (SSSR count). The highest BCUT2D eigenvalue weighted by Crippen LogP contribution is 2.42. The number of nitrogens with one attached hydrogen (secondary N) is 1. The van der Waals surface area contributed by atoms with Gasteiger partial charge in [-0.25, -0.2) is 0 Å². The zero-order valence-electron chi connectivity index (χ0n) is 18.3. The van der Waals surface area contributed by atoms with E-state index >= 15 is 0 Å². The SMILES string of the molecule is CCCO[C@@](C)(C(=O)Nc1ccc(OCCCN2CCCCCC2)cc1)C1CC1. The van der Waals surface area contributed by atoms with E-state index in [9.17, 15) is 4.79 Å². The molecule has 1 aliphatic heterocycles. The van der Waals surface area contributed by atoms with Gasteiger partial charge in [-0.05, 0) is 88.7 Å². The van der Waals surface area contributed by atoms with E-state index in [0.29, 0.717) is 12.5 Å². The number of likely N-dealkylation sites (tertiary alicyclic amines) is 1. The number of benzene rings is 1. The van der Waals surface area contributed by atoms with Crippen molar-refractivity contribution in [3.05, 3.63) is 24.3 Å². The summed E-state index contributed by atoms with van der Waals surface area (Å²) in [7, 11) is 0. The molecule has 162 valence electrons. The van der Waals surface area contributed by atoms with Crippen LogP contribution in [-0.4, -0.2) is 49.3 Å². The van der Waals surface area contributed by atoms with Crippen LogP contribution in [0.25, 0.3) is 0 Å². The van der Waals surface area contributed by atoms with Crippen LogP contribution in [0.4, 0.5) is 5.69 Å². The van der Waals surface area contributed by atoms with Crippen molar-refractivity contribution in [1.29, 1.82) is 0 Å². The Kier molecular flexibility index (Phi) is 8.37. The highest BCUT2D eigenvalue weighted by molar-refractivity contribution is 5.97. The first-order chi connectivity index (χ1) is 14.1. The van der Waals surface area contributed by atoms with Gasteiger partial charge in [-0.3, -0.25) is 4.79 Å². The average Bonchev–Trinajstić information content (AvgIpc) is 3.58. The minimum atomic E-state index is -0.724. The third-order valence-electron chi connectivity index (χ3n) is 6.11. The summed E-state index contributed by atoms with van der Waals surface area (Å²) >= 11 is 0. The molecule has 5 nitrogen and oxygen atoms in total. The van der Waals surface area contributed by atoms with Gasteiger partial charge in [0.05, 0.1) is 6.61 Å². The summed E-state index contributed by atoms with van der Waals surface area (Å²) in [5.41, 5.74) is 0.0669. The lowest BCUT2D eigenvalue weighted by Gasteiger charge is -2.28. The molecular formula is C24H38N2O3. The topological polar surface area (TPSA) is 50.8 Å². The van der Waals surface area contributed by atoms with Crippen LogP contribution in [0, 0.1) is 5.92 Å². The van der Waals surface area contributed by atoms with Gasteiger partial charge in [-0.15, -0.1) is 0 Å². The van der Waals surface area contributed by atoms with Crippen molar-refractivity contribution in [2.24, 2.45) is 5.92 Å². The molecule has 0 spiro atoms. The Balaban J connectivity index is 1.41. The molecule has 1 saturated carbocycles. The molecule has 29 heavy (non-hydrogen) atoms. The molecule has 0 bridgehead atoms. The van der Waals surface area contributed by atoms with Gasteiger partial charge in [0.25, 0.3) is 5.91 Å². The minimum absolute atomic E-state index is 0.0421. The molecule has 1 saturated heterocycles. The Morgan fingerprint density at radius 2 is 1.79 bits per heavy atom. The molecule has 0 aromatic heterocycles. The Labute approximate surface area is 176 Å². The summed E-state index contributed by atoms with van der Waals surface area (Å²) in [5.74, 6) is 1.14. The molecule has 0 unspecified atom stereocenters. The molecule has 1 amide bonds. The number of nitrogens with zero attached hydrogens (tertiary/aromatic N) is 1. The molecule has 0 radical (unpaired) electrons. The van der Waals surface area contributed by atoms with Crippen LogP contribution in [0.5, 0.6) is 5.75 Å². The Bertz CT molecular complexity index is 622. The normalized spacial score (nSPS) is 19.9. The van der Waals surface area contributed by atoms with Crippen LogP contribution >= 0.6 is 0 Å². The highest BCUT2D eigenvalue weighted by Gasteiger charge is 2.48. The molecule has 1 aromatic carbocycles. The maximum atomic E-state index is 12.8. The number of rotatable bonds is 11. The highest BCUT2D eigenvalue weighted by atomic mass is 16.5. The summed E-state index contributed by atoms with van der Waals surface area (Å²) in [6.07, 6.45) is 9.51. The van der Waals surface area contributed by atoms with Crippen molar-refractivity contribution in [3.63, 3.8) is 0 Å². The standard InChI is InChI=1S/C24H38N2O3/c1-3-18-29-24(2,20-9-10-20)23(27)25-21-11-13-22(14-12-21)28-19-8-17-26-15-6-4-5-7-16-26/h11-14,20H,3-10,15-19H2,1-2H3,(H,25,27)/t24-/m1/s1. The van der Waals surface area contributed by atoms with Gasteiger partial charge >= 0.3 is 0 Å². The zero-order chi connectivity index (χ0) is 20.5. The van der Waals surface area contributed by atoms with Gasteiger partial charge in [-0.2, -0.15) is 0 Å². The van der Waals surface area contributed by atoms with Gasteiger partial charge in [-0.1, -0.05) is 19.8 Å². The van der Waals surface area contributed by atoms with Crippen molar-refractivity contribution < 1.29 is 14.3 Å². The second-order valence-electron chi connectivity index (χ2n) is 8.67. The van der Waals surface area contributed by atoms with E-state index in [2.05, 4.69) is 17.1 Å². The Morgan fingerprint density at radius 3 is 2.41 bits per heavy atom. The summed E-state index contributed by atoms with van der Waals surface area (Å²) < 4.78 is 11.8. The first-order valence-corrected chi connectivity index (χ1v) is 11.5. The molecule has 5 heteroatoms.